The van der Waals surface area contributed by atoms with Gasteiger partial charge in [0.1, 0.15) is 13.1 Å². The Balaban J connectivity index is 2.22. The van der Waals surface area contributed by atoms with Gasteiger partial charge < -0.3 is 5.32 Å². The van der Waals surface area contributed by atoms with Crippen molar-refractivity contribution in [3.05, 3.63) is 12.2 Å². The molecule has 0 aromatic heterocycles. The van der Waals surface area contributed by atoms with Crippen molar-refractivity contribution in [2.45, 2.75) is 78.6 Å². The van der Waals surface area contributed by atoms with E-state index in [1.54, 1.807) is 6.92 Å². The zero-order chi connectivity index (χ0) is 18.4. The molecule has 1 atom stereocenters. The maximum absolute atomic E-state index is 11.1. The van der Waals surface area contributed by atoms with Crippen LogP contribution in [0.5, 0.6) is 0 Å². The molecule has 1 aliphatic rings. The van der Waals surface area contributed by atoms with Crippen LogP contribution in [0.4, 0.5) is 0 Å². The summed E-state index contributed by atoms with van der Waals surface area (Å²) in [4.78, 5) is 15.9. The van der Waals surface area contributed by atoms with E-state index < -0.39 is 0 Å². The van der Waals surface area contributed by atoms with E-state index in [0.29, 0.717) is 0 Å². The molecule has 1 amide bonds. The Morgan fingerprint density at radius 1 is 1.12 bits per heavy atom. The number of aliphatic imine (C=N–C) groups is 1. The summed E-state index contributed by atoms with van der Waals surface area (Å²) in [6.45, 7) is 10.9. The van der Waals surface area contributed by atoms with E-state index in [9.17, 15) is 4.79 Å². The predicted molar refractivity (Wildman–Crippen MR) is 108 cm³/mol. The maximum Gasteiger partial charge on any atom is 0.217 e. The van der Waals surface area contributed by atoms with Crippen molar-refractivity contribution in [2.24, 2.45) is 4.99 Å². The van der Waals surface area contributed by atoms with E-state index in [4.69, 9.17) is 4.99 Å². The number of carbonyl (C=O) groups excluding carboxylic acids is 1. The fourth-order valence-corrected chi connectivity index (χ4v) is 3.63. The van der Waals surface area contributed by atoms with Crippen molar-refractivity contribution in [2.75, 3.05) is 32.7 Å². The van der Waals surface area contributed by atoms with Gasteiger partial charge in [0, 0.05) is 13.3 Å². The van der Waals surface area contributed by atoms with Crippen molar-refractivity contribution in [3.63, 3.8) is 0 Å². The highest BCUT2D eigenvalue weighted by Crippen LogP contribution is 2.19. The van der Waals surface area contributed by atoms with Crippen LogP contribution in [-0.2, 0) is 4.79 Å². The monoisotopic (exact) mass is 350 g/mol. The SMILES string of the molecule is CCCCCCC/C=C/CCCC1=NCC[N+]1(CC)CCNC(C)=O. The van der Waals surface area contributed by atoms with Crippen molar-refractivity contribution < 1.29 is 9.28 Å². The van der Waals surface area contributed by atoms with Gasteiger partial charge in [-0.25, -0.2) is 4.99 Å². The number of hydrogen-bond donors (Lipinski definition) is 1. The molecule has 25 heavy (non-hydrogen) atoms. The number of rotatable bonds is 14. The second-order valence-electron chi connectivity index (χ2n) is 7.26. The van der Waals surface area contributed by atoms with E-state index in [-0.39, 0.29) is 5.91 Å². The summed E-state index contributed by atoms with van der Waals surface area (Å²) in [7, 11) is 0. The predicted octanol–water partition coefficient (Wildman–Crippen LogP) is 4.46. The number of amides is 1. The average molecular weight is 351 g/mol. The highest BCUT2D eigenvalue weighted by molar-refractivity contribution is 5.77. The molecule has 0 spiro atoms. The Bertz CT molecular complexity index is 431. The van der Waals surface area contributed by atoms with Gasteiger partial charge in [0.05, 0.1) is 19.6 Å². The van der Waals surface area contributed by atoms with Gasteiger partial charge in [-0.15, -0.1) is 0 Å². The number of nitrogens with one attached hydrogen (secondary N) is 1. The van der Waals surface area contributed by atoms with Crippen LogP contribution >= 0.6 is 0 Å². The lowest BCUT2D eigenvalue weighted by molar-refractivity contribution is -0.833. The number of carbonyl (C=O) groups is 1. The molecule has 1 N–H and O–H groups in total. The van der Waals surface area contributed by atoms with E-state index in [2.05, 4.69) is 31.3 Å². The van der Waals surface area contributed by atoms with Gasteiger partial charge >= 0.3 is 0 Å². The standard InChI is InChI=1S/C21H39N3O/c1-4-6-7-8-9-10-11-12-13-14-15-21-23-17-19-24(21,5-2)18-16-22-20(3)25/h11-12H,4-10,13-19H2,1-3H3/p+1/b12-11+. The fourth-order valence-electron chi connectivity index (χ4n) is 3.63. The van der Waals surface area contributed by atoms with Crippen molar-refractivity contribution >= 4 is 11.7 Å². The quantitative estimate of drug-likeness (QED) is 0.280. The number of nitrogens with zero attached hydrogens (tertiary/aromatic N) is 2. The molecule has 4 nitrogen and oxygen atoms in total. The van der Waals surface area contributed by atoms with Crippen molar-refractivity contribution in [1.29, 1.82) is 0 Å². The molecule has 1 aliphatic heterocycles. The van der Waals surface area contributed by atoms with Crippen LogP contribution in [0.15, 0.2) is 17.1 Å². The lowest BCUT2D eigenvalue weighted by Crippen LogP contribution is -2.54. The zero-order valence-corrected chi connectivity index (χ0v) is 16.9. The van der Waals surface area contributed by atoms with Crippen LogP contribution in [0, 0.1) is 0 Å². The molecule has 1 unspecified atom stereocenters. The topological polar surface area (TPSA) is 41.5 Å². The molecule has 0 saturated carbocycles. The number of allylic oxidation sites excluding steroid dienone is 2. The third kappa shape index (κ3) is 8.66. The first-order chi connectivity index (χ1) is 12.1. The van der Waals surface area contributed by atoms with E-state index in [0.717, 1.165) is 50.0 Å². The summed E-state index contributed by atoms with van der Waals surface area (Å²) in [6, 6.07) is 0. The van der Waals surface area contributed by atoms with Gasteiger partial charge in [-0.2, -0.15) is 0 Å². The number of hydrogen-bond acceptors (Lipinski definition) is 2. The Hall–Kier alpha value is -1.16. The Kier molecular flexibility index (Phi) is 11.5. The summed E-state index contributed by atoms with van der Waals surface area (Å²) in [5.41, 5.74) is 0. The second kappa shape index (κ2) is 13.1. The molecule has 1 heterocycles. The zero-order valence-electron chi connectivity index (χ0n) is 16.9. The lowest BCUT2D eigenvalue weighted by atomic mass is 10.1. The molecule has 0 aromatic rings. The largest absolute Gasteiger partial charge is 0.351 e. The number of unbranched alkanes of at least 4 members (excludes halogenated alkanes) is 6. The van der Waals surface area contributed by atoms with Crippen molar-refractivity contribution in [1.82, 2.24) is 5.32 Å². The minimum atomic E-state index is 0.0618. The molecule has 0 fully saturated rings. The number of amidine groups is 1. The molecular weight excluding hydrogens is 310 g/mol. The average Bonchev–Trinajstić information content (AvgIpc) is 2.99. The normalized spacial score (nSPS) is 20.2. The molecule has 0 aliphatic carbocycles. The molecule has 1 rings (SSSR count). The Morgan fingerprint density at radius 2 is 1.84 bits per heavy atom. The molecule has 4 heteroatoms. The minimum Gasteiger partial charge on any atom is -0.351 e. The third-order valence-electron chi connectivity index (χ3n) is 5.30. The maximum atomic E-state index is 11.1. The van der Waals surface area contributed by atoms with Gasteiger partial charge in [-0.1, -0.05) is 44.8 Å². The molecule has 0 bridgehead atoms. The van der Waals surface area contributed by atoms with Gasteiger partial charge in [0.25, 0.3) is 0 Å². The fraction of sp³-hybridized carbons (Fsp3) is 0.810. The molecular formula is C21H40N3O+. The highest BCUT2D eigenvalue weighted by Gasteiger charge is 2.35. The molecule has 0 aromatic carbocycles. The lowest BCUT2D eigenvalue weighted by Gasteiger charge is -2.33. The highest BCUT2D eigenvalue weighted by atomic mass is 16.1. The van der Waals surface area contributed by atoms with E-state index >= 15 is 0 Å². The van der Waals surface area contributed by atoms with Crippen LogP contribution in [0.2, 0.25) is 0 Å². The number of likely N-dealkylation sites (N-methyl/N-ethyl adjacent to an activating group) is 1. The Labute approximate surface area is 155 Å². The first-order valence-corrected chi connectivity index (χ1v) is 10.4. The summed E-state index contributed by atoms with van der Waals surface area (Å²) in [5, 5.41) is 2.94. The smallest absolute Gasteiger partial charge is 0.217 e. The first-order valence-electron chi connectivity index (χ1n) is 10.4. The molecule has 144 valence electrons. The number of quaternary nitrogens is 1. The van der Waals surface area contributed by atoms with Crippen LogP contribution in [0.1, 0.15) is 78.6 Å². The second-order valence-corrected chi connectivity index (χ2v) is 7.26. The summed E-state index contributed by atoms with van der Waals surface area (Å²) in [5.74, 6) is 1.41. The van der Waals surface area contributed by atoms with Crippen LogP contribution in [-0.4, -0.2) is 48.9 Å². The Morgan fingerprint density at radius 3 is 2.52 bits per heavy atom. The van der Waals surface area contributed by atoms with E-state index in [1.165, 1.54) is 50.8 Å². The van der Waals surface area contributed by atoms with E-state index in [1.807, 2.05) is 0 Å². The van der Waals surface area contributed by atoms with Gasteiger partial charge in [-0.05, 0) is 32.6 Å². The summed E-state index contributed by atoms with van der Waals surface area (Å²) in [6.07, 6.45) is 16.2. The molecule has 0 radical (unpaired) electrons. The van der Waals surface area contributed by atoms with Gasteiger partial charge in [0.15, 0.2) is 5.84 Å². The van der Waals surface area contributed by atoms with Gasteiger partial charge in [-0.3, -0.25) is 9.28 Å². The first kappa shape index (κ1) is 21.9. The van der Waals surface area contributed by atoms with Gasteiger partial charge in [0.2, 0.25) is 5.91 Å². The molecule has 0 saturated heterocycles. The van der Waals surface area contributed by atoms with Crippen LogP contribution < -0.4 is 5.32 Å². The summed E-state index contributed by atoms with van der Waals surface area (Å²) >= 11 is 0. The summed E-state index contributed by atoms with van der Waals surface area (Å²) < 4.78 is 0.974. The minimum absolute atomic E-state index is 0.0618. The van der Waals surface area contributed by atoms with Crippen LogP contribution in [0.25, 0.3) is 0 Å². The van der Waals surface area contributed by atoms with Crippen molar-refractivity contribution in [3.8, 4) is 0 Å². The third-order valence-corrected chi connectivity index (χ3v) is 5.30. The van der Waals surface area contributed by atoms with Crippen LogP contribution in [0.3, 0.4) is 0 Å².